The van der Waals surface area contributed by atoms with E-state index in [2.05, 4.69) is 42.2 Å². The highest BCUT2D eigenvalue weighted by Gasteiger charge is 2.35. The van der Waals surface area contributed by atoms with Gasteiger partial charge in [0.2, 0.25) is 47.3 Å². The van der Waals surface area contributed by atoms with Gasteiger partial charge in [-0.05, 0) is 55.0 Å². The standard InChI is InChI=1S/C41H60N12O9S2/c1-23(2)34-40(62)50-28(14-16-42)36(58)52-31(39(61)49-27(9-6-17-46-41(44)45)35(57)47-21-32(43)55)22-64-63-18-15-33(56)48-29(20-25-10-12-26(54)13-11-25)37(59)51-30(38(60)53-34)19-24-7-4-3-5-8-24/h3-5,7-8,10-13,23,27-31,34,54H,6,9,14-22,42H2,1-2H3,(H2,43,55)(H,47,57)(H,48,56)(H,49,61)(H,50,62)(H,51,59)(H,52,58)(H,53,60)(H4,44,45,46)/t27-,28+,29-,30+,31+,34-/m0/s1. The van der Waals surface area contributed by atoms with Crippen molar-refractivity contribution in [2.24, 2.45) is 33.8 Å². The molecule has 0 aromatic heterocycles. The van der Waals surface area contributed by atoms with E-state index in [1.54, 1.807) is 56.3 Å². The Labute approximate surface area is 379 Å². The second kappa shape index (κ2) is 27.2. The zero-order valence-corrected chi connectivity index (χ0v) is 37.4. The Morgan fingerprint density at radius 1 is 0.797 bits per heavy atom. The number of rotatable bonds is 16. The fourth-order valence-electron chi connectivity index (χ4n) is 6.27. The van der Waals surface area contributed by atoms with Crippen molar-refractivity contribution in [3.8, 4) is 5.75 Å². The van der Waals surface area contributed by atoms with E-state index in [9.17, 15) is 43.5 Å². The minimum absolute atomic E-state index is 0.00461. The highest BCUT2D eigenvalue weighted by Crippen LogP contribution is 2.23. The highest BCUT2D eigenvalue weighted by atomic mass is 33.1. The molecule has 0 bridgehead atoms. The van der Waals surface area contributed by atoms with Crippen molar-refractivity contribution in [3.63, 3.8) is 0 Å². The number of hydrogen-bond donors (Lipinski definition) is 12. The average Bonchev–Trinajstić information content (AvgIpc) is 3.24. The van der Waals surface area contributed by atoms with Crippen LogP contribution < -0.4 is 60.2 Å². The van der Waals surface area contributed by atoms with Crippen LogP contribution in [0.3, 0.4) is 0 Å². The van der Waals surface area contributed by atoms with Crippen LogP contribution in [0.15, 0.2) is 59.6 Å². The van der Waals surface area contributed by atoms with E-state index in [0.717, 1.165) is 10.8 Å². The Balaban J connectivity index is 1.99. The van der Waals surface area contributed by atoms with E-state index in [0.29, 0.717) is 11.1 Å². The third-order valence-electron chi connectivity index (χ3n) is 9.66. The lowest BCUT2D eigenvalue weighted by molar-refractivity contribution is -0.136. The Bertz CT molecular complexity index is 1940. The summed E-state index contributed by atoms with van der Waals surface area (Å²) in [5.74, 6) is -6.37. The van der Waals surface area contributed by atoms with Crippen molar-refractivity contribution < 1.29 is 43.5 Å². The molecular weight excluding hydrogens is 869 g/mol. The monoisotopic (exact) mass is 928 g/mol. The molecule has 1 saturated heterocycles. The second-order valence-corrected chi connectivity index (χ2v) is 17.8. The highest BCUT2D eigenvalue weighted by molar-refractivity contribution is 8.76. The lowest BCUT2D eigenvalue weighted by Gasteiger charge is -2.29. The molecule has 8 amide bonds. The van der Waals surface area contributed by atoms with Gasteiger partial charge in [0.15, 0.2) is 5.96 Å². The summed E-state index contributed by atoms with van der Waals surface area (Å²) < 4.78 is 0. The van der Waals surface area contributed by atoms with E-state index >= 15 is 0 Å². The lowest BCUT2D eigenvalue weighted by atomic mass is 9.99. The van der Waals surface area contributed by atoms with Gasteiger partial charge < -0.3 is 65.3 Å². The molecule has 1 aliphatic rings. The maximum absolute atomic E-state index is 14.1. The molecule has 6 atom stereocenters. The Morgan fingerprint density at radius 3 is 2.03 bits per heavy atom. The van der Waals surface area contributed by atoms with Gasteiger partial charge in [-0.15, -0.1) is 0 Å². The molecule has 16 N–H and O–H groups in total. The van der Waals surface area contributed by atoms with Crippen molar-refractivity contribution in [2.45, 2.75) is 88.6 Å². The number of phenols is 1. The van der Waals surface area contributed by atoms with Crippen molar-refractivity contribution in [1.29, 1.82) is 0 Å². The number of nitrogens with one attached hydrogen (secondary N) is 7. The third-order valence-corrected chi connectivity index (χ3v) is 12.1. The molecule has 2 aromatic rings. The van der Waals surface area contributed by atoms with Gasteiger partial charge in [0, 0.05) is 37.3 Å². The zero-order chi connectivity index (χ0) is 47.2. The fourth-order valence-corrected chi connectivity index (χ4v) is 8.42. The third kappa shape index (κ3) is 18.7. The molecule has 350 valence electrons. The Hall–Kier alpha value is -6.07. The number of aliphatic imine (C=N–C) groups is 1. The van der Waals surface area contributed by atoms with Crippen molar-refractivity contribution in [2.75, 3.05) is 31.1 Å². The molecule has 23 heteroatoms. The van der Waals surface area contributed by atoms with E-state index in [4.69, 9.17) is 22.9 Å². The molecule has 2 aromatic carbocycles. The number of amides is 8. The van der Waals surface area contributed by atoms with Crippen molar-refractivity contribution >= 4 is 74.8 Å². The van der Waals surface area contributed by atoms with Crippen molar-refractivity contribution in [3.05, 3.63) is 65.7 Å². The summed E-state index contributed by atoms with van der Waals surface area (Å²) in [5, 5.41) is 28.4. The number of nitrogens with zero attached hydrogens (tertiary/aromatic N) is 1. The number of primary amides is 1. The van der Waals surface area contributed by atoms with Crippen LogP contribution in [-0.2, 0) is 51.2 Å². The molecule has 1 heterocycles. The quantitative estimate of drug-likeness (QED) is 0.0360. The van der Waals surface area contributed by atoms with E-state index in [1.165, 1.54) is 22.9 Å². The van der Waals surface area contributed by atoms with Crippen LogP contribution in [0, 0.1) is 5.92 Å². The number of aromatic hydroxyl groups is 1. The first kappa shape index (κ1) is 52.3. The van der Waals surface area contributed by atoms with Crippen LogP contribution in [0.1, 0.15) is 50.7 Å². The molecular formula is C41H60N12O9S2. The summed E-state index contributed by atoms with van der Waals surface area (Å²) in [4.78, 5) is 112. The maximum atomic E-state index is 14.1. The molecule has 0 aliphatic carbocycles. The number of hydrogen-bond acceptors (Lipinski definition) is 13. The van der Waals surface area contributed by atoms with Gasteiger partial charge in [0.05, 0.1) is 6.54 Å². The average molecular weight is 929 g/mol. The van der Waals surface area contributed by atoms with Gasteiger partial charge in [-0.1, -0.05) is 77.9 Å². The SMILES string of the molecule is CC(C)[C@@H]1NC(=O)[C@@H](Cc2ccccc2)NC(=O)[C@H](Cc2ccc(O)cc2)NC(=O)CCSSC[C@H](C(=O)N[C@@H](CCCN=C(N)N)C(=O)NCC(N)=O)NC(=O)[C@@H](CCN)NC1=O. The lowest BCUT2D eigenvalue weighted by Crippen LogP contribution is -2.61. The summed E-state index contributed by atoms with van der Waals surface area (Å²) in [6, 6.07) is 7.53. The summed E-state index contributed by atoms with van der Waals surface area (Å²) in [6.07, 6.45) is 0.137. The molecule has 1 aliphatic heterocycles. The van der Waals surface area contributed by atoms with Gasteiger partial charge in [-0.3, -0.25) is 43.3 Å². The number of benzene rings is 2. The number of guanidine groups is 1. The van der Waals surface area contributed by atoms with Crippen LogP contribution in [0.2, 0.25) is 0 Å². The molecule has 21 nitrogen and oxygen atoms in total. The molecule has 1 fully saturated rings. The normalized spacial score (nSPS) is 21.1. The van der Waals surface area contributed by atoms with Gasteiger partial charge in [-0.25, -0.2) is 0 Å². The minimum atomic E-state index is -1.32. The zero-order valence-electron chi connectivity index (χ0n) is 35.8. The first-order valence-corrected chi connectivity index (χ1v) is 23.1. The number of carbonyl (C=O) groups is 8. The van der Waals surface area contributed by atoms with E-state index < -0.39 is 96.0 Å². The molecule has 0 radical (unpaired) electrons. The summed E-state index contributed by atoms with van der Waals surface area (Å²) >= 11 is 0. The Kier molecular flexibility index (Phi) is 22.2. The number of nitrogens with two attached hydrogens (primary N) is 4. The first-order chi connectivity index (χ1) is 30.5. The molecule has 0 unspecified atom stereocenters. The summed E-state index contributed by atoms with van der Waals surface area (Å²) in [7, 11) is 2.33. The largest absolute Gasteiger partial charge is 0.508 e. The number of carbonyl (C=O) groups excluding carboxylic acids is 8. The second-order valence-electron chi connectivity index (χ2n) is 15.2. The van der Waals surface area contributed by atoms with Crippen LogP contribution in [0.5, 0.6) is 5.75 Å². The van der Waals surface area contributed by atoms with E-state index in [1.807, 2.05) is 0 Å². The fraction of sp³-hybridized carbons (Fsp3) is 0.488. The smallest absolute Gasteiger partial charge is 0.244 e. The predicted octanol–water partition coefficient (Wildman–Crippen LogP) is -2.47. The van der Waals surface area contributed by atoms with Crippen LogP contribution in [-0.4, -0.2) is 126 Å². The topological polar surface area (TPSA) is 357 Å². The summed E-state index contributed by atoms with van der Waals surface area (Å²) in [6.45, 7) is 2.91. The maximum Gasteiger partial charge on any atom is 0.244 e. The molecule has 64 heavy (non-hydrogen) atoms. The molecule has 0 spiro atoms. The predicted molar refractivity (Wildman–Crippen MR) is 244 cm³/mol. The Morgan fingerprint density at radius 2 is 1.41 bits per heavy atom. The molecule has 0 saturated carbocycles. The van der Waals surface area contributed by atoms with Crippen LogP contribution in [0.25, 0.3) is 0 Å². The molecule has 3 rings (SSSR count). The van der Waals surface area contributed by atoms with Gasteiger partial charge >= 0.3 is 0 Å². The van der Waals surface area contributed by atoms with Gasteiger partial charge in [-0.2, -0.15) is 0 Å². The van der Waals surface area contributed by atoms with Crippen molar-refractivity contribution in [1.82, 2.24) is 37.2 Å². The summed E-state index contributed by atoms with van der Waals surface area (Å²) in [5.41, 5.74) is 23.2. The van der Waals surface area contributed by atoms with Crippen LogP contribution in [0.4, 0.5) is 0 Å². The minimum Gasteiger partial charge on any atom is -0.508 e. The first-order valence-electron chi connectivity index (χ1n) is 20.7. The van der Waals surface area contributed by atoms with Gasteiger partial charge in [0.25, 0.3) is 0 Å². The number of phenolic OH excluding ortho intramolecular Hbond substituents is 1. The van der Waals surface area contributed by atoms with Crippen LogP contribution >= 0.6 is 21.6 Å². The van der Waals surface area contributed by atoms with E-state index in [-0.39, 0.29) is 74.8 Å². The van der Waals surface area contributed by atoms with Gasteiger partial charge in [0.1, 0.15) is 42.0 Å².